The van der Waals surface area contributed by atoms with Crippen molar-refractivity contribution in [3.05, 3.63) is 29.8 Å². The monoisotopic (exact) mass is 263 g/mol. The van der Waals surface area contributed by atoms with E-state index in [2.05, 4.69) is 12.1 Å². The average Bonchev–Trinajstić information content (AvgIpc) is 2.48. The van der Waals surface area contributed by atoms with Crippen molar-refractivity contribution in [3.63, 3.8) is 0 Å². The van der Waals surface area contributed by atoms with Gasteiger partial charge in [0, 0.05) is 0 Å². The summed E-state index contributed by atoms with van der Waals surface area (Å²) in [5, 5.41) is 0. The predicted molar refractivity (Wildman–Crippen MR) is 77.5 cm³/mol. The van der Waals surface area contributed by atoms with Crippen molar-refractivity contribution in [1.82, 2.24) is 0 Å². The SMILES string of the molecule is COc1ccc(CCOC2CCCCC2CN)cc1. The van der Waals surface area contributed by atoms with E-state index in [0.717, 1.165) is 25.3 Å². The largest absolute Gasteiger partial charge is 0.497 e. The molecule has 1 aliphatic rings. The molecule has 0 amide bonds. The molecule has 2 N–H and O–H groups in total. The molecule has 1 aromatic carbocycles. The second-order valence-electron chi connectivity index (χ2n) is 5.29. The third-order valence-corrected chi connectivity index (χ3v) is 4.02. The number of nitrogens with two attached hydrogens (primary N) is 1. The van der Waals surface area contributed by atoms with Gasteiger partial charge in [0.15, 0.2) is 0 Å². The van der Waals surface area contributed by atoms with E-state index in [-0.39, 0.29) is 0 Å². The van der Waals surface area contributed by atoms with Gasteiger partial charge in [-0.3, -0.25) is 0 Å². The molecule has 0 bridgehead atoms. The van der Waals surface area contributed by atoms with Crippen LogP contribution in [0.15, 0.2) is 24.3 Å². The zero-order valence-corrected chi connectivity index (χ0v) is 11.8. The van der Waals surface area contributed by atoms with Gasteiger partial charge in [-0.15, -0.1) is 0 Å². The van der Waals surface area contributed by atoms with Crippen LogP contribution in [0.5, 0.6) is 5.75 Å². The van der Waals surface area contributed by atoms with Crippen molar-refractivity contribution in [1.29, 1.82) is 0 Å². The number of ether oxygens (including phenoxy) is 2. The summed E-state index contributed by atoms with van der Waals surface area (Å²) in [6.07, 6.45) is 6.31. The van der Waals surface area contributed by atoms with Crippen LogP contribution in [0.4, 0.5) is 0 Å². The first-order valence-electron chi connectivity index (χ1n) is 7.28. The van der Waals surface area contributed by atoms with Crippen molar-refractivity contribution >= 4 is 0 Å². The summed E-state index contributed by atoms with van der Waals surface area (Å²) < 4.78 is 11.2. The molecule has 0 aromatic heterocycles. The van der Waals surface area contributed by atoms with E-state index in [1.165, 1.54) is 31.2 Å². The van der Waals surface area contributed by atoms with Crippen molar-refractivity contribution in [2.45, 2.75) is 38.2 Å². The predicted octanol–water partition coefficient (Wildman–Crippen LogP) is 2.77. The molecule has 0 spiro atoms. The zero-order valence-electron chi connectivity index (χ0n) is 11.8. The van der Waals surface area contributed by atoms with Gasteiger partial charge in [-0.1, -0.05) is 25.0 Å². The van der Waals surface area contributed by atoms with Crippen LogP contribution in [0, 0.1) is 5.92 Å². The number of hydrogen-bond donors (Lipinski definition) is 1. The van der Waals surface area contributed by atoms with Gasteiger partial charge >= 0.3 is 0 Å². The quantitative estimate of drug-likeness (QED) is 0.858. The minimum absolute atomic E-state index is 0.372. The van der Waals surface area contributed by atoms with Crippen LogP contribution >= 0.6 is 0 Å². The lowest BCUT2D eigenvalue weighted by molar-refractivity contribution is -0.00634. The van der Waals surface area contributed by atoms with Crippen LogP contribution in [0.3, 0.4) is 0 Å². The fraction of sp³-hybridized carbons (Fsp3) is 0.625. The molecule has 2 rings (SSSR count). The number of methoxy groups -OCH3 is 1. The molecule has 1 aromatic rings. The molecular weight excluding hydrogens is 238 g/mol. The highest BCUT2D eigenvalue weighted by molar-refractivity contribution is 5.27. The van der Waals surface area contributed by atoms with Gasteiger partial charge in [0.2, 0.25) is 0 Å². The second-order valence-corrected chi connectivity index (χ2v) is 5.29. The highest BCUT2D eigenvalue weighted by atomic mass is 16.5. The first-order valence-corrected chi connectivity index (χ1v) is 7.28. The maximum Gasteiger partial charge on any atom is 0.118 e. The minimum Gasteiger partial charge on any atom is -0.497 e. The summed E-state index contributed by atoms with van der Waals surface area (Å²) in [6.45, 7) is 1.54. The average molecular weight is 263 g/mol. The Bertz CT molecular complexity index is 364. The van der Waals surface area contributed by atoms with Crippen LogP contribution < -0.4 is 10.5 Å². The molecule has 0 saturated heterocycles. The Labute approximate surface area is 116 Å². The fourth-order valence-electron chi connectivity index (χ4n) is 2.78. The van der Waals surface area contributed by atoms with Gasteiger partial charge in [-0.2, -0.15) is 0 Å². The third kappa shape index (κ3) is 4.22. The highest BCUT2D eigenvalue weighted by Crippen LogP contribution is 2.26. The van der Waals surface area contributed by atoms with Crippen LogP contribution in [-0.2, 0) is 11.2 Å². The maximum atomic E-state index is 6.04. The molecule has 1 aliphatic carbocycles. The summed E-state index contributed by atoms with van der Waals surface area (Å²) in [4.78, 5) is 0. The summed E-state index contributed by atoms with van der Waals surface area (Å²) in [5.74, 6) is 1.46. The number of rotatable bonds is 6. The van der Waals surface area contributed by atoms with Gasteiger partial charge in [0.25, 0.3) is 0 Å². The molecule has 1 saturated carbocycles. The molecular formula is C16H25NO2. The van der Waals surface area contributed by atoms with E-state index in [9.17, 15) is 0 Å². The van der Waals surface area contributed by atoms with Gasteiger partial charge in [-0.25, -0.2) is 0 Å². The molecule has 2 unspecified atom stereocenters. The first kappa shape index (κ1) is 14.4. The van der Waals surface area contributed by atoms with E-state index < -0.39 is 0 Å². The summed E-state index contributed by atoms with van der Waals surface area (Å²) in [6, 6.07) is 8.20. The molecule has 0 aliphatic heterocycles. The standard InChI is InChI=1S/C16H25NO2/c1-18-15-8-6-13(7-9-15)10-11-19-16-5-3-2-4-14(16)12-17/h6-9,14,16H,2-5,10-12,17H2,1H3. The highest BCUT2D eigenvalue weighted by Gasteiger charge is 2.24. The molecule has 2 atom stereocenters. The van der Waals surface area contributed by atoms with E-state index in [4.69, 9.17) is 15.2 Å². The van der Waals surface area contributed by atoms with E-state index >= 15 is 0 Å². The zero-order chi connectivity index (χ0) is 13.5. The summed E-state index contributed by atoms with van der Waals surface area (Å²) in [5.41, 5.74) is 7.11. The van der Waals surface area contributed by atoms with E-state index in [1.54, 1.807) is 7.11 Å². The van der Waals surface area contributed by atoms with Crippen LogP contribution in [-0.4, -0.2) is 26.4 Å². The van der Waals surface area contributed by atoms with Gasteiger partial charge < -0.3 is 15.2 Å². The molecule has 3 nitrogen and oxygen atoms in total. The van der Waals surface area contributed by atoms with Crippen LogP contribution in [0.25, 0.3) is 0 Å². The van der Waals surface area contributed by atoms with Gasteiger partial charge in [0.05, 0.1) is 19.8 Å². The van der Waals surface area contributed by atoms with E-state index in [0.29, 0.717) is 12.0 Å². The number of hydrogen-bond acceptors (Lipinski definition) is 3. The first-order chi connectivity index (χ1) is 9.33. The Morgan fingerprint density at radius 3 is 2.58 bits per heavy atom. The molecule has 3 heteroatoms. The van der Waals surface area contributed by atoms with Crippen molar-refractivity contribution in [2.75, 3.05) is 20.3 Å². The minimum atomic E-state index is 0.372. The van der Waals surface area contributed by atoms with Crippen molar-refractivity contribution in [3.8, 4) is 5.75 Å². The van der Waals surface area contributed by atoms with Crippen LogP contribution in [0.2, 0.25) is 0 Å². The molecule has 19 heavy (non-hydrogen) atoms. The fourth-order valence-corrected chi connectivity index (χ4v) is 2.78. The second kappa shape index (κ2) is 7.51. The normalized spacial score (nSPS) is 23.3. The number of benzene rings is 1. The molecule has 106 valence electrons. The van der Waals surface area contributed by atoms with Crippen LogP contribution in [0.1, 0.15) is 31.2 Å². The van der Waals surface area contributed by atoms with Gasteiger partial charge in [0.1, 0.15) is 5.75 Å². The molecule has 1 fully saturated rings. The van der Waals surface area contributed by atoms with Crippen molar-refractivity contribution < 1.29 is 9.47 Å². The Morgan fingerprint density at radius 1 is 1.16 bits per heavy atom. The Hall–Kier alpha value is -1.06. The molecule has 0 radical (unpaired) electrons. The maximum absolute atomic E-state index is 6.04. The molecule has 0 heterocycles. The van der Waals surface area contributed by atoms with E-state index in [1.807, 2.05) is 12.1 Å². The Morgan fingerprint density at radius 2 is 1.89 bits per heavy atom. The lowest BCUT2D eigenvalue weighted by atomic mass is 9.86. The lowest BCUT2D eigenvalue weighted by Crippen LogP contribution is -2.33. The van der Waals surface area contributed by atoms with Crippen molar-refractivity contribution in [2.24, 2.45) is 11.7 Å². The lowest BCUT2D eigenvalue weighted by Gasteiger charge is -2.30. The third-order valence-electron chi connectivity index (χ3n) is 4.02. The topological polar surface area (TPSA) is 44.5 Å². The summed E-state index contributed by atoms with van der Waals surface area (Å²) in [7, 11) is 1.69. The Kier molecular flexibility index (Phi) is 5.67. The smallest absolute Gasteiger partial charge is 0.118 e. The van der Waals surface area contributed by atoms with Gasteiger partial charge in [-0.05, 0) is 49.4 Å². The Balaban J connectivity index is 1.75. The summed E-state index contributed by atoms with van der Waals surface area (Å²) >= 11 is 0.